The quantitative estimate of drug-likeness (QED) is 0.936. The van der Waals surface area contributed by atoms with Gasteiger partial charge in [0, 0.05) is 25.3 Å². The number of fused-ring (bicyclic) bond motifs is 1. The molecule has 0 aliphatic carbocycles. The first-order chi connectivity index (χ1) is 10.3. The highest BCUT2D eigenvalue weighted by Crippen LogP contribution is 2.26. The summed E-state index contributed by atoms with van der Waals surface area (Å²) in [5, 5.41) is 2.78. The minimum Gasteiger partial charge on any atom is -0.369 e. The fourth-order valence-corrected chi connectivity index (χ4v) is 2.68. The Morgan fingerprint density at radius 1 is 1.14 bits per heavy atom. The van der Waals surface area contributed by atoms with Gasteiger partial charge in [-0.15, -0.1) is 0 Å². The fraction of sp³-hybridized carbons (Fsp3) is 0.235. The number of rotatable bonds is 4. The first-order valence-corrected chi connectivity index (χ1v) is 7.11. The number of hydrogen-bond donors (Lipinski definition) is 1. The van der Waals surface area contributed by atoms with Crippen molar-refractivity contribution in [1.29, 1.82) is 0 Å². The summed E-state index contributed by atoms with van der Waals surface area (Å²) in [6.07, 6.45) is 1.04. The van der Waals surface area contributed by atoms with Crippen molar-refractivity contribution in [3.05, 3.63) is 65.5 Å². The minimum atomic E-state index is -0.485. The second-order valence-electron chi connectivity index (χ2n) is 5.10. The Morgan fingerprint density at radius 2 is 1.90 bits per heavy atom. The number of nitrogens with one attached hydrogen (secondary N) is 1. The highest BCUT2D eigenvalue weighted by atomic mass is 19.1. The maximum atomic E-state index is 13.5. The molecule has 1 aliphatic heterocycles. The number of carbonyl (C=O) groups excluding carboxylic acids is 1. The van der Waals surface area contributed by atoms with Gasteiger partial charge in [-0.25, -0.2) is 4.39 Å². The molecule has 3 rings (SSSR count). The number of hydrogen-bond acceptors (Lipinski definition) is 2. The summed E-state index contributed by atoms with van der Waals surface area (Å²) >= 11 is 0. The molecular weight excluding hydrogens is 267 g/mol. The van der Waals surface area contributed by atoms with Gasteiger partial charge in [0.2, 0.25) is 0 Å². The lowest BCUT2D eigenvalue weighted by Gasteiger charge is -2.19. The molecule has 1 N–H and O–H groups in total. The van der Waals surface area contributed by atoms with Gasteiger partial charge < -0.3 is 10.2 Å². The minimum absolute atomic E-state index is 0.0966. The maximum Gasteiger partial charge on any atom is 0.254 e. The lowest BCUT2D eigenvalue weighted by Crippen LogP contribution is -2.34. The molecule has 2 aromatic carbocycles. The third-order valence-corrected chi connectivity index (χ3v) is 3.77. The Bertz CT molecular complexity index is 657. The summed E-state index contributed by atoms with van der Waals surface area (Å²) in [7, 11) is 0. The van der Waals surface area contributed by atoms with E-state index in [0.29, 0.717) is 6.54 Å². The standard InChI is InChI=1S/C17H17FN2O/c18-15-7-3-2-6-14(15)17(21)19-10-12-20-11-9-13-5-1-4-8-16(13)20/h1-8H,9-12H2,(H,19,21). The van der Waals surface area contributed by atoms with Crippen LogP contribution in [0.3, 0.4) is 0 Å². The van der Waals surface area contributed by atoms with E-state index in [1.165, 1.54) is 23.4 Å². The second-order valence-corrected chi connectivity index (χ2v) is 5.10. The molecule has 0 unspecified atom stereocenters. The predicted octanol–water partition coefficient (Wildman–Crippen LogP) is 2.62. The highest BCUT2D eigenvalue weighted by Gasteiger charge is 2.18. The molecular formula is C17H17FN2O. The average Bonchev–Trinajstić information content (AvgIpc) is 2.91. The second kappa shape index (κ2) is 5.95. The molecule has 1 aliphatic rings. The molecule has 0 spiro atoms. The van der Waals surface area contributed by atoms with Crippen molar-refractivity contribution < 1.29 is 9.18 Å². The van der Waals surface area contributed by atoms with Crippen LogP contribution in [0.4, 0.5) is 10.1 Å². The van der Waals surface area contributed by atoms with Gasteiger partial charge in [-0.2, -0.15) is 0 Å². The summed E-state index contributed by atoms with van der Waals surface area (Å²) in [6.45, 7) is 2.20. The Morgan fingerprint density at radius 3 is 2.76 bits per heavy atom. The molecule has 0 atom stereocenters. The van der Waals surface area contributed by atoms with Crippen molar-refractivity contribution in [2.45, 2.75) is 6.42 Å². The van der Waals surface area contributed by atoms with Crippen LogP contribution in [0, 0.1) is 5.82 Å². The zero-order valence-corrected chi connectivity index (χ0v) is 11.7. The van der Waals surface area contributed by atoms with Crippen LogP contribution >= 0.6 is 0 Å². The molecule has 0 radical (unpaired) electrons. The van der Waals surface area contributed by atoms with Crippen LogP contribution in [0.25, 0.3) is 0 Å². The van der Waals surface area contributed by atoms with Crippen LogP contribution in [0.15, 0.2) is 48.5 Å². The van der Waals surface area contributed by atoms with Crippen molar-refractivity contribution in [3.8, 4) is 0 Å². The lowest BCUT2D eigenvalue weighted by atomic mass is 10.2. The molecule has 0 bridgehead atoms. The monoisotopic (exact) mass is 284 g/mol. The number of anilines is 1. The molecule has 108 valence electrons. The number of amides is 1. The van der Waals surface area contributed by atoms with Gasteiger partial charge in [0.1, 0.15) is 5.82 Å². The van der Waals surface area contributed by atoms with E-state index in [2.05, 4.69) is 22.3 Å². The molecule has 3 nitrogen and oxygen atoms in total. The molecule has 0 fully saturated rings. The average molecular weight is 284 g/mol. The number of carbonyl (C=O) groups is 1. The van der Waals surface area contributed by atoms with Crippen LogP contribution in [0.2, 0.25) is 0 Å². The molecule has 1 amide bonds. The third-order valence-electron chi connectivity index (χ3n) is 3.77. The number of nitrogens with zero attached hydrogens (tertiary/aromatic N) is 1. The smallest absolute Gasteiger partial charge is 0.254 e. The van der Waals surface area contributed by atoms with Gasteiger partial charge in [-0.1, -0.05) is 30.3 Å². The van der Waals surface area contributed by atoms with Gasteiger partial charge in [-0.05, 0) is 30.2 Å². The number of benzene rings is 2. The van der Waals surface area contributed by atoms with E-state index in [-0.39, 0.29) is 11.5 Å². The summed E-state index contributed by atoms with van der Waals surface area (Å²) in [6, 6.07) is 14.3. The van der Waals surface area contributed by atoms with Crippen molar-refractivity contribution in [2.24, 2.45) is 0 Å². The van der Waals surface area contributed by atoms with E-state index in [4.69, 9.17) is 0 Å². The third kappa shape index (κ3) is 2.89. The molecule has 4 heteroatoms. The summed E-state index contributed by atoms with van der Waals surface area (Å²) in [5.41, 5.74) is 2.68. The van der Waals surface area contributed by atoms with E-state index in [9.17, 15) is 9.18 Å². The Hall–Kier alpha value is -2.36. The van der Waals surface area contributed by atoms with Crippen LogP contribution in [-0.2, 0) is 6.42 Å². The van der Waals surface area contributed by atoms with Crippen LogP contribution < -0.4 is 10.2 Å². The van der Waals surface area contributed by atoms with Crippen molar-refractivity contribution in [1.82, 2.24) is 5.32 Å². The molecule has 1 heterocycles. The van der Waals surface area contributed by atoms with Crippen molar-refractivity contribution >= 4 is 11.6 Å². The zero-order chi connectivity index (χ0) is 14.7. The van der Waals surface area contributed by atoms with E-state index in [1.54, 1.807) is 12.1 Å². The molecule has 0 saturated heterocycles. The topological polar surface area (TPSA) is 32.3 Å². The SMILES string of the molecule is O=C(NCCN1CCc2ccccc21)c1ccccc1F. The summed E-state index contributed by atoms with van der Waals surface area (Å²) in [4.78, 5) is 14.2. The van der Waals surface area contributed by atoms with E-state index in [0.717, 1.165) is 19.5 Å². The number of halogens is 1. The largest absolute Gasteiger partial charge is 0.369 e. The Balaban J connectivity index is 1.56. The zero-order valence-electron chi connectivity index (χ0n) is 11.7. The van der Waals surface area contributed by atoms with E-state index < -0.39 is 5.82 Å². The Kier molecular flexibility index (Phi) is 3.86. The molecule has 0 aromatic heterocycles. The van der Waals surface area contributed by atoms with Gasteiger partial charge in [0.15, 0.2) is 0 Å². The van der Waals surface area contributed by atoms with Crippen molar-refractivity contribution in [2.75, 3.05) is 24.5 Å². The van der Waals surface area contributed by atoms with Gasteiger partial charge in [0.25, 0.3) is 5.91 Å². The lowest BCUT2D eigenvalue weighted by molar-refractivity contribution is 0.0950. The fourth-order valence-electron chi connectivity index (χ4n) is 2.68. The van der Waals surface area contributed by atoms with E-state index >= 15 is 0 Å². The van der Waals surface area contributed by atoms with Gasteiger partial charge in [0.05, 0.1) is 5.56 Å². The van der Waals surface area contributed by atoms with Gasteiger partial charge >= 0.3 is 0 Å². The first kappa shape index (κ1) is 13.6. The van der Waals surface area contributed by atoms with Crippen molar-refractivity contribution in [3.63, 3.8) is 0 Å². The Labute approximate surface area is 123 Å². The van der Waals surface area contributed by atoms with Gasteiger partial charge in [-0.3, -0.25) is 4.79 Å². The maximum absolute atomic E-state index is 13.5. The van der Waals surface area contributed by atoms with Crippen LogP contribution in [0.1, 0.15) is 15.9 Å². The number of para-hydroxylation sites is 1. The van der Waals surface area contributed by atoms with E-state index in [1.807, 2.05) is 12.1 Å². The first-order valence-electron chi connectivity index (χ1n) is 7.11. The summed E-state index contributed by atoms with van der Waals surface area (Å²) in [5.74, 6) is -0.845. The summed E-state index contributed by atoms with van der Waals surface area (Å²) < 4.78 is 13.5. The molecule has 21 heavy (non-hydrogen) atoms. The molecule has 2 aromatic rings. The molecule has 0 saturated carbocycles. The normalized spacial score (nSPS) is 13.1. The van der Waals surface area contributed by atoms with Crippen LogP contribution in [-0.4, -0.2) is 25.5 Å². The predicted molar refractivity (Wildman–Crippen MR) is 81.1 cm³/mol. The van der Waals surface area contributed by atoms with Crippen LogP contribution in [0.5, 0.6) is 0 Å². The highest BCUT2D eigenvalue weighted by molar-refractivity contribution is 5.94.